The number of aromatic nitrogens is 1. The highest BCUT2D eigenvalue weighted by Gasteiger charge is 2.47. The summed E-state index contributed by atoms with van der Waals surface area (Å²) in [5, 5.41) is 21.9. The maximum atomic E-state index is 13.2. The van der Waals surface area contributed by atoms with Crippen molar-refractivity contribution in [2.45, 2.75) is 32.2 Å². The molecule has 8 heteroatoms. The normalized spacial score (nSPS) is 17.1. The molecule has 0 radical (unpaired) electrons. The van der Waals surface area contributed by atoms with Gasteiger partial charge in [-0.25, -0.2) is 0 Å². The second kappa shape index (κ2) is 10.6. The molecule has 0 aliphatic carbocycles. The largest absolute Gasteiger partial charge is 0.507 e. The molecule has 180 valence electrons. The molecule has 1 saturated heterocycles. The summed E-state index contributed by atoms with van der Waals surface area (Å²) < 4.78 is 5.72. The molecule has 1 unspecified atom stereocenters. The molecule has 1 amide bonds. The van der Waals surface area contributed by atoms with Gasteiger partial charge in [0, 0.05) is 23.0 Å². The Morgan fingerprint density at radius 1 is 1.11 bits per heavy atom. The van der Waals surface area contributed by atoms with Crippen LogP contribution in [0.2, 0.25) is 5.02 Å². The van der Waals surface area contributed by atoms with Gasteiger partial charge >= 0.3 is 0 Å². The van der Waals surface area contributed by atoms with Crippen LogP contribution in [-0.4, -0.2) is 33.5 Å². The maximum absolute atomic E-state index is 13.2. The van der Waals surface area contributed by atoms with Gasteiger partial charge in [-0.2, -0.15) is 0 Å². The molecule has 2 heterocycles. The van der Waals surface area contributed by atoms with Gasteiger partial charge in [-0.05, 0) is 60.5 Å². The molecule has 1 aliphatic rings. The van der Waals surface area contributed by atoms with Crippen LogP contribution in [0.1, 0.15) is 43.4 Å². The van der Waals surface area contributed by atoms with Crippen molar-refractivity contribution in [1.82, 2.24) is 4.98 Å². The SMILES string of the molecule is CCCCCOc1ccc(/C(O)=C2\C(=O)C(=O)N(c3cc(Cl)ccc3O)C2c2cccnc2)cc1. The van der Waals surface area contributed by atoms with Gasteiger partial charge in [-0.1, -0.05) is 37.4 Å². The lowest BCUT2D eigenvalue weighted by Gasteiger charge is -2.25. The molecule has 0 saturated carbocycles. The summed E-state index contributed by atoms with van der Waals surface area (Å²) in [7, 11) is 0. The van der Waals surface area contributed by atoms with E-state index in [2.05, 4.69) is 11.9 Å². The Kier molecular flexibility index (Phi) is 7.36. The number of aromatic hydroxyl groups is 1. The minimum atomic E-state index is -1.02. The number of nitrogens with zero attached hydrogens (tertiary/aromatic N) is 2. The third-order valence-corrected chi connectivity index (χ3v) is 6.02. The predicted octanol–water partition coefficient (Wildman–Crippen LogP) is 5.64. The number of aliphatic hydroxyl groups is 1. The Hall–Kier alpha value is -3.84. The number of benzene rings is 2. The monoisotopic (exact) mass is 492 g/mol. The fourth-order valence-corrected chi connectivity index (χ4v) is 4.20. The first-order valence-corrected chi connectivity index (χ1v) is 11.7. The first-order chi connectivity index (χ1) is 16.9. The van der Waals surface area contributed by atoms with E-state index in [1.165, 1.54) is 24.4 Å². The van der Waals surface area contributed by atoms with Crippen LogP contribution in [0.4, 0.5) is 5.69 Å². The molecule has 0 bridgehead atoms. The fourth-order valence-electron chi connectivity index (χ4n) is 4.03. The number of hydrogen-bond donors (Lipinski definition) is 2. The zero-order valence-corrected chi connectivity index (χ0v) is 19.9. The highest BCUT2D eigenvalue weighted by Crippen LogP contribution is 2.45. The zero-order valence-electron chi connectivity index (χ0n) is 19.1. The molecule has 1 atom stereocenters. The average Bonchev–Trinajstić information content (AvgIpc) is 3.14. The molecular weight excluding hydrogens is 468 g/mol. The van der Waals surface area contributed by atoms with E-state index in [0.717, 1.165) is 24.2 Å². The summed E-state index contributed by atoms with van der Waals surface area (Å²) in [5.74, 6) is -1.69. The first kappa shape index (κ1) is 24.3. The number of anilines is 1. The number of aliphatic hydroxyl groups excluding tert-OH is 1. The predicted molar refractivity (Wildman–Crippen MR) is 134 cm³/mol. The maximum Gasteiger partial charge on any atom is 0.300 e. The lowest BCUT2D eigenvalue weighted by Crippen LogP contribution is -2.29. The van der Waals surface area contributed by atoms with Crippen LogP contribution >= 0.6 is 11.6 Å². The van der Waals surface area contributed by atoms with Crippen LogP contribution in [0.3, 0.4) is 0 Å². The molecular formula is C27H25ClN2O5. The van der Waals surface area contributed by atoms with E-state index in [1.807, 2.05) is 0 Å². The van der Waals surface area contributed by atoms with Crippen molar-refractivity contribution in [2.75, 3.05) is 11.5 Å². The van der Waals surface area contributed by atoms with Crippen molar-refractivity contribution in [3.05, 3.63) is 88.7 Å². The van der Waals surface area contributed by atoms with E-state index < -0.39 is 17.7 Å². The van der Waals surface area contributed by atoms with Crippen LogP contribution in [0.25, 0.3) is 5.76 Å². The number of amides is 1. The Morgan fingerprint density at radius 3 is 2.57 bits per heavy atom. The van der Waals surface area contributed by atoms with E-state index >= 15 is 0 Å². The van der Waals surface area contributed by atoms with E-state index in [4.69, 9.17) is 16.3 Å². The molecule has 1 aliphatic heterocycles. The molecule has 4 rings (SSSR count). The van der Waals surface area contributed by atoms with Crippen LogP contribution in [-0.2, 0) is 9.59 Å². The number of halogens is 1. The lowest BCUT2D eigenvalue weighted by atomic mass is 9.96. The van der Waals surface area contributed by atoms with Gasteiger partial charge in [-0.3, -0.25) is 19.5 Å². The van der Waals surface area contributed by atoms with E-state index in [0.29, 0.717) is 23.5 Å². The summed E-state index contributed by atoms with van der Waals surface area (Å²) in [6, 6.07) is 13.2. The molecule has 2 aromatic carbocycles. The van der Waals surface area contributed by atoms with Crippen LogP contribution in [0.5, 0.6) is 11.5 Å². The van der Waals surface area contributed by atoms with E-state index in [-0.39, 0.29) is 27.8 Å². The highest BCUT2D eigenvalue weighted by molar-refractivity contribution is 6.52. The third-order valence-electron chi connectivity index (χ3n) is 5.79. The molecule has 0 spiro atoms. The van der Waals surface area contributed by atoms with Gasteiger partial charge in [0.15, 0.2) is 0 Å². The van der Waals surface area contributed by atoms with E-state index in [9.17, 15) is 19.8 Å². The van der Waals surface area contributed by atoms with Crippen molar-refractivity contribution in [1.29, 1.82) is 0 Å². The number of rotatable bonds is 8. The number of carbonyl (C=O) groups is 2. The number of Topliss-reactive ketones (excluding diaryl/α,β-unsaturated/α-hetero) is 1. The van der Waals surface area contributed by atoms with E-state index in [1.54, 1.807) is 42.6 Å². The lowest BCUT2D eigenvalue weighted by molar-refractivity contribution is -0.132. The van der Waals surface area contributed by atoms with Crippen LogP contribution in [0.15, 0.2) is 72.6 Å². The minimum Gasteiger partial charge on any atom is -0.507 e. The second-order valence-electron chi connectivity index (χ2n) is 8.17. The van der Waals surface area contributed by atoms with Gasteiger partial charge in [-0.15, -0.1) is 0 Å². The quantitative estimate of drug-likeness (QED) is 0.183. The van der Waals surface area contributed by atoms with Gasteiger partial charge in [0.2, 0.25) is 0 Å². The Bertz CT molecular complexity index is 1260. The Labute approximate surface area is 208 Å². The van der Waals surface area contributed by atoms with Crippen molar-refractivity contribution in [3.8, 4) is 11.5 Å². The number of pyridine rings is 1. The summed E-state index contributed by atoms with van der Waals surface area (Å²) in [6.07, 6.45) is 6.19. The Balaban J connectivity index is 1.77. The van der Waals surface area contributed by atoms with Crippen molar-refractivity contribution in [2.24, 2.45) is 0 Å². The summed E-state index contributed by atoms with van der Waals surface area (Å²) in [5.41, 5.74) is 0.791. The highest BCUT2D eigenvalue weighted by atomic mass is 35.5. The minimum absolute atomic E-state index is 0.0586. The standard InChI is InChI=1S/C27H25ClN2O5/c1-2-3-4-14-35-20-10-7-17(8-11-20)25(32)23-24(18-6-5-13-29-16-18)30(27(34)26(23)33)21-15-19(28)9-12-22(21)31/h5-13,15-16,24,31-32H,2-4,14H2,1H3/b25-23+. The smallest absolute Gasteiger partial charge is 0.300 e. The number of phenols is 1. The van der Waals surface area contributed by atoms with Gasteiger partial charge in [0.05, 0.1) is 23.9 Å². The van der Waals surface area contributed by atoms with Crippen LogP contribution in [0, 0.1) is 0 Å². The first-order valence-electron chi connectivity index (χ1n) is 11.3. The average molecular weight is 493 g/mol. The molecule has 3 aromatic rings. The number of phenolic OH excluding ortho intramolecular Hbond substituents is 1. The number of ketones is 1. The van der Waals surface area contributed by atoms with Crippen molar-refractivity contribution < 1.29 is 24.5 Å². The summed E-state index contributed by atoms with van der Waals surface area (Å²) >= 11 is 6.12. The molecule has 1 aromatic heterocycles. The zero-order chi connectivity index (χ0) is 24.9. The molecule has 35 heavy (non-hydrogen) atoms. The van der Waals surface area contributed by atoms with Crippen molar-refractivity contribution in [3.63, 3.8) is 0 Å². The number of unbranched alkanes of at least 4 members (excludes halogenated alkanes) is 2. The summed E-state index contributed by atoms with van der Waals surface area (Å²) in [4.78, 5) is 31.6. The second-order valence-corrected chi connectivity index (χ2v) is 8.60. The molecule has 2 N–H and O–H groups in total. The van der Waals surface area contributed by atoms with Gasteiger partial charge in [0.25, 0.3) is 11.7 Å². The third kappa shape index (κ3) is 5.00. The molecule has 1 fully saturated rings. The van der Waals surface area contributed by atoms with Gasteiger partial charge < -0.3 is 14.9 Å². The van der Waals surface area contributed by atoms with Gasteiger partial charge in [0.1, 0.15) is 17.3 Å². The molecule has 7 nitrogen and oxygen atoms in total. The number of hydrogen-bond acceptors (Lipinski definition) is 6. The van der Waals surface area contributed by atoms with Crippen LogP contribution < -0.4 is 9.64 Å². The van der Waals surface area contributed by atoms with Crippen molar-refractivity contribution >= 4 is 34.7 Å². The number of ether oxygens (including phenoxy) is 1. The summed E-state index contributed by atoms with van der Waals surface area (Å²) in [6.45, 7) is 2.71. The fraction of sp³-hybridized carbons (Fsp3) is 0.222. The number of carbonyl (C=O) groups excluding carboxylic acids is 2. The Morgan fingerprint density at radius 2 is 1.89 bits per heavy atom. The topological polar surface area (TPSA) is 100.0 Å².